The van der Waals surface area contributed by atoms with Gasteiger partial charge in [-0.05, 0) is 47.0 Å². The van der Waals surface area contributed by atoms with E-state index in [1.807, 2.05) is 5.38 Å². The number of rotatable bonds is 5. The number of hydrogen-bond donors (Lipinski definition) is 2. The van der Waals surface area contributed by atoms with Crippen molar-refractivity contribution in [2.75, 3.05) is 6.54 Å². The average Bonchev–Trinajstić information content (AvgIpc) is 2.93. The van der Waals surface area contributed by atoms with Crippen molar-refractivity contribution >= 4 is 33.0 Å². The van der Waals surface area contributed by atoms with Crippen LogP contribution in [0.4, 0.5) is 0 Å². The molecule has 2 aromatic rings. The quantitative estimate of drug-likeness (QED) is 0.885. The summed E-state index contributed by atoms with van der Waals surface area (Å²) in [5, 5.41) is 13.7. The summed E-state index contributed by atoms with van der Waals surface area (Å²) >= 11 is 7.36. The zero-order chi connectivity index (χ0) is 14.8. The predicted molar refractivity (Wildman–Crippen MR) is 80.7 cm³/mol. The second kappa shape index (κ2) is 6.24. The molecule has 2 rings (SSSR count). The Kier molecular flexibility index (Phi) is 4.82. The number of thiophene rings is 1. The van der Waals surface area contributed by atoms with E-state index in [0.29, 0.717) is 5.56 Å². The first-order valence-electron chi connectivity index (χ1n) is 5.86. The number of aliphatic hydroxyl groups is 1. The third-order valence-electron chi connectivity index (χ3n) is 2.77. The molecule has 0 aliphatic rings. The van der Waals surface area contributed by atoms with Crippen LogP contribution in [-0.2, 0) is 10.0 Å². The molecule has 4 nitrogen and oxygen atoms in total. The Morgan fingerprint density at radius 1 is 1.40 bits per heavy atom. The summed E-state index contributed by atoms with van der Waals surface area (Å²) in [6.07, 6.45) is -0.875. The minimum Gasteiger partial charge on any atom is -0.387 e. The van der Waals surface area contributed by atoms with Crippen LogP contribution in [0.2, 0.25) is 5.02 Å². The fourth-order valence-corrected chi connectivity index (χ4v) is 3.99. The summed E-state index contributed by atoms with van der Waals surface area (Å²) in [7, 11) is -3.74. The summed E-state index contributed by atoms with van der Waals surface area (Å²) < 4.78 is 26.7. The van der Waals surface area contributed by atoms with Gasteiger partial charge in [0.15, 0.2) is 0 Å². The van der Waals surface area contributed by atoms with Gasteiger partial charge in [0.05, 0.1) is 11.1 Å². The molecule has 2 N–H and O–H groups in total. The summed E-state index contributed by atoms with van der Waals surface area (Å²) in [4.78, 5) is 0.0247. The molecular weight excluding hydrogens is 318 g/mol. The van der Waals surface area contributed by atoms with Crippen molar-refractivity contribution in [1.29, 1.82) is 0 Å². The molecule has 0 saturated carbocycles. The van der Waals surface area contributed by atoms with E-state index in [9.17, 15) is 13.5 Å². The maximum atomic E-state index is 12.2. The second-order valence-corrected chi connectivity index (χ2v) is 7.28. The molecular formula is C13H14ClNO3S2. The molecule has 0 spiro atoms. The molecule has 7 heteroatoms. The van der Waals surface area contributed by atoms with Gasteiger partial charge in [0.1, 0.15) is 4.90 Å². The highest BCUT2D eigenvalue weighted by atomic mass is 35.5. The number of aliphatic hydroxyl groups excluding tert-OH is 1. The summed E-state index contributed by atoms with van der Waals surface area (Å²) in [5.41, 5.74) is 1.49. The van der Waals surface area contributed by atoms with Gasteiger partial charge in [-0.25, -0.2) is 13.1 Å². The number of sulfonamides is 1. The monoisotopic (exact) mass is 331 g/mol. The van der Waals surface area contributed by atoms with Crippen LogP contribution in [0.3, 0.4) is 0 Å². The van der Waals surface area contributed by atoms with Crippen LogP contribution in [0.15, 0.2) is 39.9 Å². The number of hydrogen-bond acceptors (Lipinski definition) is 4. The topological polar surface area (TPSA) is 66.4 Å². The fourth-order valence-electron chi connectivity index (χ4n) is 1.67. The second-order valence-electron chi connectivity index (χ2n) is 4.36. The highest BCUT2D eigenvalue weighted by Crippen LogP contribution is 2.23. The Balaban J connectivity index is 2.13. The van der Waals surface area contributed by atoms with Gasteiger partial charge in [-0.1, -0.05) is 17.7 Å². The van der Waals surface area contributed by atoms with Gasteiger partial charge in [-0.2, -0.15) is 11.3 Å². The lowest BCUT2D eigenvalue weighted by atomic mass is 10.2. The van der Waals surface area contributed by atoms with E-state index >= 15 is 0 Å². The van der Waals surface area contributed by atoms with Crippen LogP contribution in [0.5, 0.6) is 0 Å². The molecule has 0 radical (unpaired) electrons. The highest BCUT2D eigenvalue weighted by Gasteiger charge is 2.19. The summed E-state index contributed by atoms with van der Waals surface area (Å²) in [6.45, 7) is 1.69. The van der Waals surface area contributed by atoms with Gasteiger partial charge in [-0.15, -0.1) is 0 Å². The van der Waals surface area contributed by atoms with E-state index in [1.165, 1.54) is 17.4 Å². The maximum absolute atomic E-state index is 12.2. The SMILES string of the molecule is Cc1ccc(Cl)c(S(=O)(=O)NC[C@H](O)c2ccsc2)c1. The summed E-state index contributed by atoms with van der Waals surface area (Å²) in [6, 6.07) is 6.53. The third kappa shape index (κ3) is 3.59. The zero-order valence-electron chi connectivity index (χ0n) is 10.7. The van der Waals surface area contributed by atoms with Gasteiger partial charge in [-0.3, -0.25) is 0 Å². The van der Waals surface area contributed by atoms with Crippen molar-refractivity contribution in [3.05, 3.63) is 51.2 Å². The van der Waals surface area contributed by atoms with Gasteiger partial charge >= 0.3 is 0 Å². The Morgan fingerprint density at radius 2 is 2.15 bits per heavy atom. The number of benzene rings is 1. The van der Waals surface area contributed by atoms with E-state index in [4.69, 9.17) is 11.6 Å². The number of aryl methyl sites for hydroxylation is 1. The van der Waals surface area contributed by atoms with Crippen LogP contribution < -0.4 is 4.72 Å². The molecule has 1 atom stereocenters. The first-order chi connectivity index (χ1) is 9.40. The van der Waals surface area contributed by atoms with E-state index < -0.39 is 16.1 Å². The first-order valence-corrected chi connectivity index (χ1v) is 8.66. The molecule has 0 aliphatic carbocycles. The lowest BCUT2D eigenvalue weighted by molar-refractivity contribution is 0.182. The molecule has 0 fully saturated rings. The molecule has 1 aromatic carbocycles. The first kappa shape index (κ1) is 15.5. The van der Waals surface area contributed by atoms with Crippen molar-refractivity contribution in [2.24, 2.45) is 0 Å². The van der Waals surface area contributed by atoms with Crippen LogP contribution in [0.25, 0.3) is 0 Å². The average molecular weight is 332 g/mol. The predicted octanol–water partition coefficient (Wildman–Crippen LogP) is 2.72. The number of nitrogens with one attached hydrogen (secondary N) is 1. The van der Waals surface area contributed by atoms with Crippen molar-refractivity contribution in [3.8, 4) is 0 Å². The Hall–Kier alpha value is -0.920. The largest absolute Gasteiger partial charge is 0.387 e. The minimum absolute atomic E-state index is 0.0247. The van der Waals surface area contributed by atoms with E-state index in [-0.39, 0.29) is 16.5 Å². The van der Waals surface area contributed by atoms with Crippen molar-refractivity contribution < 1.29 is 13.5 Å². The molecule has 0 saturated heterocycles. The Labute approximate surface area is 127 Å². The summed E-state index contributed by atoms with van der Waals surface area (Å²) in [5.74, 6) is 0. The maximum Gasteiger partial charge on any atom is 0.242 e. The molecule has 1 heterocycles. The molecule has 0 aliphatic heterocycles. The van der Waals surface area contributed by atoms with Crippen molar-refractivity contribution in [1.82, 2.24) is 4.72 Å². The standard InChI is InChI=1S/C13H14ClNO3S2/c1-9-2-3-11(14)13(6-9)20(17,18)15-7-12(16)10-4-5-19-8-10/h2-6,8,12,15-16H,7H2,1H3/t12-/m0/s1. The lowest BCUT2D eigenvalue weighted by Gasteiger charge is -2.12. The third-order valence-corrected chi connectivity index (χ3v) is 5.38. The normalized spacial score (nSPS) is 13.3. The van der Waals surface area contributed by atoms with Crippen LogP contribution in [0, 0.1) is 6.92 Å². The zero-order valence-corrected chi connectivity index (χ0v) is 13.1. The fraction of sp³-hybridized carbons (Fsp3) is 0.231. The van der Waals surface area contributed by atoms with Gasteiger partial charge in [0, 0.05) is 6.54 Å². The molecule has 108 valence electrons. The van der Waals surface area contributed by atoms with E-state index in [1.54, 1.807) is 30.5 Å². The Morgan fingerprint density at radius 3 is 2.80 bits per heavy atom. The van der Waals surface area contributed by atoms with Gasteiger partial charge < -0.3 is 5.11 Å². The smallest absolute Gasteiger partial charge is 0.242 e. The van der Waals surface area contributed by atoms with Gasteiger partial charge in [0.2, 0.25) is 10.0 Å². The highest BCUT2D eigenvalue weighted by molar-refractivity contribution is 7.89. The number of halogens is 1. The van der Waals surface area contributed by atoms with E-state index in [0.717, 1.165) is 5.56 Å². The van der Waals surface area contributed by atoms with E-state index in [2.05, 4.69) is 4.72 Å². The Bertz CT molecular complexity index is 684. The molecule has 0 amide bonds. The van der Waals surface area contributed by atoms with Crippen molar-refractivity contribution in [3.63, 3.8) is 0 Å². The van der Waals surface area contributed by atoms with Crippen LogP contribution >= 0.6 is 22.9 Å². The van der Waals surface area contributed by atoms with Crippen LogP contribution in [-0.4, -0.2) is 20.1 Å². The molecule has 0 unspecified atom stereocenters. The van der Waals surface area contributed by atoms with Crippen molar-refractivity contribution in [2.45, 2.75) is 17.9 Å². The molecule has 20 heavy (non-hydrogen) atoms. The lowest BCUT2D eigenvalue weighted by Crippen LogP contribution is -2.28. The molecule has 0 bridgehead atoms. The minimum atomic E-state index is -3.74. The van der Waals surface area contributed by atoms with Crippen LogP contribution in [0.1, 0.15) is 17.2 Å². The van der Waals surface area contributed by atoms with Gasteiger partial charge in [0.25, 0.3) is 0 Å². The molecule has 1 aromatic heterocycles.